The Labute approximate surface area is 153 Å². The Hall–Kier alpha value is -2.50. The van der Waals surface area contributed by atoms with Crippen LogP contribution in [0.4, 0.5) is 5.69 Å². The molecular formula is C20H24N2O4. The molecule has 1 heterocycles. The first-order chi connectivity index (χ1) is 12.5. The van der Waals surface area contributed by atoms with Crippen LogP contribution in [0, 0.1) is 0 Å². The highest BCUT2D eigenvalue weighted by molar-refractivity contribution is 6.23. The van der Waals surface area contributed by atoms with Gasteiger partial charge in [-0.2, -0.15) is 0 Å². The highest BCUT2D eigenvalue weighted by atomic mass is 16.2. The number of hydrogen-bond donors (Lipinski definition) is 0. The summed E-state index contributed by atoms with van der Waals surface area (Å²) in [7, 11) is 0. The van der Waals surface area contributed by atoms with Crippen LogP contribution in [0.3, 0.4) is 0 Å². The van der Waals surface area contributed by atoms with Crippen LogP contribution in [0.5, 0.6) is 0 Å². The third-order valence-electron chi connectivity index (χ3n) is 5.29. The molecule has 6 nitrogen and oxygen atoms in total. The minimum Gasteiger partial charge on any atom is -0.372 e. The highest BCUT2D eigenvalue weighted by Crippen LogP contribution is 2.31. The van der Waals surface area contributed by atoms with Crippen LogP contribution in [0.25, 0.3) is 0 Å². The Morgan fingerprint density at radius 2 is 1.65 bits per heavy atom. The lowest BCUT2D eigenvalue weighted by molar-refractivity contribution is -0.125. The van der Waals surface area contributed by atoms with Crippen LogP contribution in [0.2, 0.25) is 0 Å². The van der Waals surface area contributed by atoms with Crippen LogP contribution >= 0.6 is 0 Å². The summed E-state index contributed by atoms with van der Waals surface area (Å²) in [6.45, 7) is 5.65. The van der Waals surface area contributed by atoms with Gasteiger partial charge in [-0.15, -0.1) is 0 Å². The van der Waals surface area contributed by atoms with Gasteiger partial charge in [-0.3, -0.25) is 24.1 Å². The topological polar surface area (TPSA) is 74.8 Å². The molecule has 3 rings (SSSR count). The van der Waals surface area contributed by atoms with Crippen molar-refractivity contribution >= 4 is 29.1 Å². The van der Waals surface area contributed by atoms with E-state index >= 15 is 0 Å². The van der Waals surface area contributed by atoms with Crippen molar-refractivity contribution in [2.24, 2.45) is 0 Å². The van der Waals surface area contributed by atoms with Gasteiger partial charge >= 0.3 is 0 Å². The summed E-state index contributed by atoms with van der Waals surface area (Å²) in [5, 5.41) is 0. The van der Waals surface area contributed by atoms with E-state index in [0.717, 1.165) is 23.7 Å². The average molecular weight is 356 g/mol. The molecule has 1 atom stereocenters. The summed E-state index contributed by atoms with van der Waals surface area (Å²) < 4.78 is 0. The predicted molar refractivity (Wildman–Crippen MR) is 97.4 cm³/mol. The summed E-state index contributed by atoms with van der Waals surface area (Å²) in [5.41, 5.74) is 1.57. The lowest BCUT2D eigenvalue weighted by atomic mass is 9.94. The Balaban J connectivity index is 1.92. The first-order valence-electron chi connectivity index (χ1n) is 9.29. The molecule has 2 amide bonds. The second-order valence-corrected chi connectivity index (χ2v) is 6.80. The third-order valence-corrected chi connectivity index (χ3v) is 5.29. The van der Waals surface area contributed by atoms with E-state index in [1.165, 1.54) is 0 Å². The van der Waals surface area contributed by atoms with Crippen molar-refractivity contribution in [1.29, 1.82) is 0 Å². The lowest BCUT2D eigenvalue weighted by Gasteiger charge is -2.26. The Morgan fingerprint density at radius 3 is 2.35 bits per heavy atom. The van der Waals surface area contributed by atoms with Crippen molar-refractivity contribution < 1.29 is 19.2 Å². The molecule has 1 aromatic rings. The zero-order valence-electron chi connectivity index (χ0n) is 15.3. The lowest BCUT2D eigenvalue weighted by Crippen LogP contribution is -2.45. The molecule has 0 saturated heterocycles. The van der Waals surface area contributed by atoms with Gasteiger partial charge in [-0.1, -0.05) is 0 Å². The van der Waals surface area contributed by atoms with E-state index in [1.54, 1.807) is 12.1 Å². The third kappa shape index (κ3) is 3.16. The van der Waals surface area contributed by atoms with Crippen LogP contribution in [-0.4, -0.2) is 47.4 Å². The molecule has 1 aromatic carbocycles. The number of imide groups is 1. The van der Waals surface area contributed by atoms with Gasteiger partial charge in [-0.05, 0) is 44.9 Å². The van der Waals surface area contributed by atoms with Crippen molar-refractivity contribution in [1.82, 2.24) is 4.90 Å². The smallest absolute Gasteiger partial charge is 0.262 e. The maximum Gasteiger partial charge on any atom is 0.262 e. The van der Waals surface area contributed by atoms with Crippen molar-refractivity contribution in [2.75, 3.05) is 18.0 Å². The van der Waals surface area contributed by atoms with Gasteiger partial charge in [0.2, 0.25) is 0 Å². The van der Waals surface area contributed by atoms with Gasteiger partial charge < -0.3 is 4.90 Å². The second kappa shape index (κ2) is 7.40. The minimum atomic E-state index is -0.830. The fourth-order valence-corrected chi connectivity index (χ4v) is 3.80. The minimum absolute atomic E-state index is 0.0860. The Morgan fingerprint density at radius 1 is 0.962 bits per heavy atom. The number of benzene rings is 1. The molecule has 1 unspecified atom stereocenters. The molecule has 1 fully saturated rings. The van der Waals surface area contributed by atoms with Crippen LogP contribution in [0.1, 0.15) is 66.7 Å². The molecule has 0 aromatic heterocycles. The summed E-state index contributed by atoms with van der Waals surface area (Å²) in [6.07, 6.45) is 1.58. The fraction of sp³-hybridized carbons (Fsp3) is 0.500. The molecule has 0 bridgehead atoms. The number of amides is 2. The number of Topliss-reactive ketones (excluding diaryl/α,β-unsaturated/α-hetero) is 2. The normalized spacial score (nSPS) is 20.8. The van der Waals surface area contributed by atoms with E-state index < -0.39 is 17.9 Å². The number of ketones is 2. The molecule has 1 saturated carbocycles. The van der Waals surface area contributed by atoms with Crippen LogP contribution in [-0.2, 0) is 9.59 Å². The molecular weight excluding hydrogens is 332 g/mol. The molecule has 138 valence electrons. The highest BCUT2D eigenvalue weighted by Gasteiger charge is 2.43. The largest absolute Gasteiger partial charge is 0.372 e. The van der Waals surface area contributed by atoms with Crippen LogP contribution < -0.4 is 4.90 Å². The number of hydrogen-bond acceptors (Lipinski definition) is 5. The SMILES string of the molecule is CCN(CC)c1ccc2c(c1)C(=O)N(C1CCC(=O)CCCC1=O)C2=O. The number of anilines is 1. The van der Waals surface area contributed by atoms with Crippen molar-refractivity contribution in [3.8, 4) is 0 Å². The summed E-state index contributed by atoms with van der Waals surface area (Å²) in [4.78, 5) is 53.2. The molecule has 0 N–H and O–H groups in total. The standard InChI is InChI=1S/C20H24N2O4/c1-3-21(4-2)13-8-10-15-16(12-13)20(26)22(19(15)25)17-11-9-14(23)6-5-7-18(17)24/h8,10,12,17H,3-7,9,11H2,1-2H3. The van der Waals surface area contributed by atoms with Gasteiger partial charge in [-0.25, -0.2) is 0 Å². The number of fused-ring (bicyclic) bond motifs is 1. The molecule has 1 aliphatic heterocycles. The van der Waals surface area contributed by atoms with Crippen molar-refractivity contribution in [2.45, 2.75) is 52.0 Å². The first-order valence-corrected chi connectivity index (χ1v) is 9.29. The zero-order chi connectivity index (χ0) is 18.8. The summed E-state index contributed by atoms with van der Waals surface area (Å²) in [5.74, 6) is -0.897. The van der Waals surface area contributed by atoms with Crippen molar-refractivity contribution in [3.05, 3.63) is 29.3 Å². The number of rotatable bonds is 4. The molecule has 6 heteroatoms. The van der Waals surface area contributed by atoms with Gasteiger partial charge in [0.05, 0.1) is 17.2 Å². The average Bonchev–Trinajstić information content (AvgIpc) is 2.86. The maximum atomic E-state index is 12.9. The number of carbonyl (C=O) groups excluding carboxylic acids is 4. The molecule has 0 radical (unpaired) electrons. The van der Waals surface area contributed by atoms with Crippen LogP contribution in [0.15, 0.2) is 18.2 Å². The first kappa shape index (κ1) is 18.3. The maximum absolute atomic E-state index is 12.9. The van der Waals surface area contributed by atoms with E-state index in [0.29, 0.717) is 24.0 Å². The van der Waals surface area contributed by atoms with E-state index in [1.807, 2.05) is 19.9 Å². The number of carbonyl (C=O) groups is 4. The van der Waals surface area contributed by atoms with Gasteiger partial charge in [0.15, 0.2) is 5.78 Å². The molecule has 2 aliphatic rings. The predicted octanol–water partition coefficient (Wildman–Crippen LogP) is 2.60. The van der Waals surface area contributed by atoms with Crippen molar-refractivity contribution in [3.63, 3.8) is 0 Å². The quantitative estimate of drug-likeness (QED) is 0.775. The summed E-state index contributed by atoms with van der Waals surface area (Å²) in [6, 6.07) is 4.41. The fourth-order valence-electron chi connectivity index (χ4n) is 3.80. The zero-order valence-corrected chi connectivity index (χ0v) is 15.3. The Kier molecular flexibility index (Phi) is 5.20. The second-order valence-electron chi connectivity index (χ2n) is 6.80. The molecule has 1 aliphatic carbocycles. The Bertz CT molecular complexity index is 767. The van der Waals surface area contributed by atoms with Gasteiger partial charge in [0.1, 0.15) is 5.78 Å². The molecule has 26 heavy (non-hydrogen) atoms. The summed E-state index contributed by atoms with van der Waals surface area (Å²) >= 11 is 0. The van der Waals surface area contributed by atoms with Gasteiger partial charge in [0.25, 0.3) is 11.8 Å². The number of nitrogens with zero attached hydrogens (tertiary/aromatic N) is 2. The van der Waals surface area contributed by atoms with E-state index in [2.05, 4.69) is 4.90 Å². The van der Waals surface area contributed by atoms with Gasteiger partial charge in [0, 0.05) is 38.0 Å². The van der Waals surface area contributed by atoms with E-state index in [9.17, 15) is 19.2 Å². The monoisotopic (exact) mass is 356 g/mol. The van der Waals surface area contributed by atoms with E-state index in [4.69, 9.17) is 0 Å². The molecule has 0 spiro atoms. The van der Waals surface area contributed by atoms with E-state index in [-0.39, 0.29) is 30.8 Å².